The molecule has 2 aromatic rings. The second-order valence-electron chi connectivity index (χ2n) is 5.00. The molecule has 0 radical (unpaired) electrons. The van der Waals surface area contributed by atoms with Crippen LogP contribution in [0.15, 0.2) is 36.4 Å². The van der Waals surface area contributed by atoms with Gasteiger partial charge in [0.25, 0.3) is 0 Å². The molecule has 0 amide bonds. The minimum Gasteiger partial charge on any atom is -0.495 e. The van der Waals surface area contributed by atoms with Gasteiger partial charge < -0.3 is 15.4 Å². The van der Waals surface area contributed by atoms with Crippen LogP contribution in [0.1, 0.15) is 11.1 Å². The van der Waals surface area contributed by atoms with Gasteiger partial charge in [-0.25, -0.2) is 0 Å². The molecule has 112 valence electrons. The Balaban J connectivity index is 1.81. The summed E-state index contributed by atoms with van der Waals surface area (Å²) >= 11 is 6.09. The second-order valence-corrected chi connectivity index (χ2v) is 5.41. The lowest BCUT2D eigenvalue weighted by atomic mass is 10.1. The molecule has 0 heterocycles. The zero-order valence-electron chi connectivity index (χ0n) is 12.7. The number of benzene rings is 2. The van der Waals surface area contributed by atoms with Gasteiger partial charge in [0, 0.05) is 24.5 Å². The number of hydrogen-bond donors (Lipinski definition) is 2. The van der Waals surface area contributed by atoms with Crippen molar-refractivity contribution < 1.29 is 4.74 Å². The van der Waals surface area contributed by atoms with Gasteiger partial charge in [-0.15, -0.1) is 0 Å². The Hall–Kier alpha value is -1.87. The van der Waals surface area contributed by atoms with E-state index in [4.69, 9.17) is 16.3 Å². The Kier molecular flexibility index (Phi) is 5.34. The summed E-state index contributed by atoms with van der Waals surface area (Å²) in [6.07, 6.45) is 0. The van der Waals surface area contributed by atoms with Crippen molar-refractivity contribution in [2.24, 2.45) is 0 Å². The van der Waals surface area contributed by atoms with E-state index in [9.17, 15) is 0 Å². The Labute approximate surface area is 131 Å². The van der Waals surface area contributed by atoms with E-state index in [0.29, 0.717) is 10.8 Å². The Morgan fingerprint density at radius 3 is 2.10 bits per heavy atom. The normalized spacial score (nSPS) is 10.3. The van der Waals surface area contributed by atoms with E-state index in [1.54, 1.807) is 7.11 Å². The van der Waals surface area contributed by atoms with Crippen LogP contribution in [-0.4, -0.2) is 20.2 Å². The van der Waals surface area contributed by atoms with Gasteiger partial charge in [0.1, 0.15) is 5.75 Å². The fraction of sp³-hybridized carbons (Fsp3) is 0.294. The van der Waals surface area contributed by atoms with E-state index in [-0.39, 0.29) is 0 Å². The highest BCUT2D eigenvalue weighted by Gasteiger charge is 2.01. The Morgan fingerprint density at radius 2 is 1.52 bits per heavy atom. The first kappa shape index (κ1) is 15.5. The molecule has 0 spiro atoms. The number of methoxy groups -OCH3 is 1. The molecule has 0 atom stereocenters. The number of hydrogen-bond acceptors (Lipinski definition) is 3. The number of rotatable bonds is 6. The topological polar surface area (TPSA) is 33.3 Å². The molecule has 2 N–H and O–H groups in total. The zero-order valence-corrected chi connectivity index (χ0v) is 13.4. The molecular formula is C17H21ClN2O. The third kappa shape index (κ3) is 4.30. The molecule has 0 bridgehead atoms. The van der Waals surface area contributed by atoms with E-state index in [2.05, 4.69) is 42.7 Å². The first-order chi connectivity index (χ1) is 10.1. The monoisotopic (exact) mass is 304 g/mol. The quantitative estimate of drug-likeness (QED) is 0.771. The van der Waals surface area contributed by atoms with Gasteiger partial charge in [-0.1, -0.05) is 17.7 Å². The third-order valence-electron chi connectivity index (χ3n) is 3.44. The van der Waals surface area contributed by atoms with Gasteiger partial charge in [-0.2, -0.15) is 0 Å². The SMILES string of the molecule is COc1ccc(NCCNc2ccc(C)c(C)c2)cc1Cl. The minimum atomic E-state index is 0.615. The zero-order chi connectivity index (χ0) is 15.2. The van der Waals surface area contributed by atoms with Gasteiger partial charge in [0.05, 0.1) is 12.1 Å². The predicted octanol–water partition coefficient (Wildman–Crippen LogP) is 4.49. The van der Waals surface area contributed by atoms with Crippen molar-refractivity contribution in [2.75, 3.05) is 30.8 Å². The average Bonchev–Trinajstić information content (AvgIpc) is 2.47. The molecule has 2 rings (SSSR count). The fourth-order valence-electron chi connectivity index (χ4n) is 2.04. The summed E-state index contributed by atoms with van der Waals surface area (Å²) in [7, 11) is 1.61. The van der Waals surface area contributed by atoms with Gasteiger partial charge >= 0.3 is 0 Å². The highest BCUT2D eigenvalue weighted by Crippen LogP contribution is 2.27. The van der Waals surface area contributed by atoms with E-state index < -0.39 is 0 Å². The number of aryl methyl sites for hydroxylation is 2. The van der Waals surface area contributed by atoms with Gasteiger partial charge in [0.2, 0.25) is 0 Å². The minimum absolute atomic E-state index is 0.615. The molecular weight excluding hydrogens is 284 g/mol. The summed E-state index contributed by atoms with van der Waals surface area (Å²) in [5.41, 5.74) is 4.75. The summed E-state index contributed by atoms with van der Waals surface area (Å²) in [6.45, 7) is 5.90. The van der Waals surface area contributed by atoms with Crippen LogP contribution >= 0.6 is 11.6 Å². The summed E-state index contributed by atoms with van der Waals surface area (Å²) in [5.74, 6) is 0.690. The number of halogens is 1. The van der Waals surface area contributed by atoms with Crippen LogP contribution < -0.4 is 15.4 Å². The molecule has 0 saturated carbocycles. The number of ether oxygens (including phenoxy) is 1. The molecule has 0 unspecified atom stereocenters. The maximum Gasteiger partial charge on any atom is 0.137 e. The Bertz CT molecular complexity index is 614. The van der Waals surface area contributed by atoms with Crippen LogP contribution in [0.5, 0.6) is 5.75 Å². The molecule has 0 aliphatic rings. The van der Waals surface area contributed by atoms with Gasteiger partial charge in [-0.05, 0) is 55.3 Å². The molecule has 3 nitrogen and oxygen atoms in total. The maximum absolute atomic E-state index is 6.09. The van der Waals surface area contributed by atoms with E-state index in [1.807, 2.05) is 18.2 Å². The van der Waals surface area contributed by atoms with Crippen LogP contribution in [-0.2, 0) is 0 Å². The summed E-state index contributed by atoms with van der Waals surface area (Å²) in [6, 6.07) is 12.1. The first-order valence-electron chi connectivity index (χ1n) is 6.98. The van der Waals surface area contributed by atoms with E-state index in [1.165, 1.54) is 11.1 Å². The largest absolute Gasteiger partial charge is 0.495 e. The molecule has 21 heavy (non-hydrogen) atoms. The van der Waals surface area contributed by atoms with Crippen molar-refractivity contribution in [1.29, 1.82) is 0 Å². The molecule has 0 aliphatic carbocycles. The van der Waals surface area contributed by atoms with Crippen LogP contribution in [0.2, 0.25) is 5.02 Å². The van der Waals surface area contributed by atoms with Gasteiger partial charge in [0.15, 0.2) is 0 Å². The van der Waals surface area contributed by atoms with Crippen molar-refractivity contribution in [2.45, 2.75) is 13.8 Å². The Morgan fingerprint density at radius 1 is 0.905 bits per heavy atom. The van der Waals surface area contributed by atoms with Gasteiger partial charge in [-0.3, -0.25) is 0 Å². The number of anilines is 2. The van der Waals surface area contributed by atoms with E-state index >= 15 is 0 Å². The molecule has 0 aromatic heterocycles. The summed E-state index contributed by atoms with van der Waals surface area (Å²) < 4.78 is 5.13. The van der Waals surface area contributed by atoms with Crippen LogP contribution in [0.3, 0.4) is 0 Å². The lowest BCUT2D eigenvalue weighted by Crippen LogP contribution is -2.13. The predicted molar refractivity (Wildman–Crippen MR) is 90.9 cm³/mol. The lowest BCUT2D eigenvalue weighted by molar-refractivity contribution is 0.415. The van der Waals surface area contributed by atoms with Crippen LogP contribution in [0.4, 0.5) is 11.4 Å². The highest BCUT2D eigenvalue weighted by atomic mass is 35.5. The molecule has 2 aromatic carbocycles. The third-order valence-corrected chi connectivity index (χ3v) is 3.74. The van der Waals surface area contributed by atoms with Crippen molar-refractivity contribution in [3.8, 4) is 5.75 Å². The first-order valence-corrected chi connectivity index (χ1v) is 7.36. The number of nitrogens with one attached hydrogen (secondary N) is 2. The van der Waals surface area contributed by atoms with Crippen LogP contribution in [0.25, 0.3) is 0 Å². The molecule has 4 heteroatoms. The average molecular weight is 305 g/mol. The van der Waals surface area contributed by atoms with Crippen molar-refractivity contribution in [1.82, 2.24) is 0 Å². The highest BCUT2D eigenvalue weighted by molar-refractivity contribution is 6.32. The molecule has 0 fully saturated rings. The maximum atomic E-state index is 6.09. The van der Waals surface area contributed by atoms with Crippen LogP contribution in [0, 0.1) is 13.8 Å². The van der Waals surface area contributed by atoms with Crippen molar-refractivity contribution in [3.63, 3.8) is 0 Å². The summed E-state index contributed by atoms with van der Waals surface area (Å²) in [4.78, 5) is 0. The van der Waals surface area contributed by atoms with E-state index in [0.717, 1.165) is 24.5 Å². The summed E-state index contributed by atoms with van der Waals surface area (Å²) in [5, 5.41) is 7.35. The molecule has 0 saturated heterocycles. The smallest absolute Gasteiger partial charge is 0.137 e. The molecule has 0 aliphatic heterocycles. The van der Waals surface area contributed by atoms with Crippen molar-refractivity contribution in [3.05, 3.63) is 52.5 Å². The standard InChI is InChI=1S/C17H21ClN2O/c1-12-4-5-14(10-13(12)2)19-8-9-20-15-6-7-17(21-3)16(18)11-15/h4-7,10-11,19-20H,8-9H2,1-3H3. The fourth-order valence-corrected chi connectivity index (χ4v) is 2.30. The van der Waals surface area contributed by atoms with Crippen molar-refractivity contribution >= 4 is 23.0 Å². The second kappa shape index (κ2) is 7.23. The lowest BCUT2D eigenvalue weighted by Gasteiger charge is -2.11.